The molecule has 2 rings (SSSR count). The van der Waals surface area contributed by atoms with Gasteiger partial charge < -0.3 is 15.8 Å². The van der Waals surface area contributed by atoms with Gasteiger partial charge in [0, 0.05) is 24.8 Å². The van der Waals surface area contributed by atoms with Crippen molar-refractivity contribution in [3.8, 4) is 0 Å². The predicted octanol–water partition coefficient (Wildman–Crippen LogP) is 1.80. The molecule has 0 saturated carbocycles. The molecule has 1 fully saturated rings. The molecule has 1 unspecified atom stereocenters. The van der Waals surface area contributed by atoms with E-state index in [4.69, 9.17) is 10.9 Å². The third kappa shape index (κ3) is 2.72. The van der Waals surface area contributed by atoms with Crippen molar-refractivity contribution in [2.24, 2.45) is 16.8 Å². The molecule has 1 aromatic heterocycles. The van der Waals surface area contributed by atoms with E-state index >= 15 is 0 Å². The summed E-state index contributed by atoms with van der Waals surface area (Å²) in [6.45, 7) is 4.39. The Bertz CT molecular complexity index is 416. The number of hydrogen-bond acceptors (Lipinski definition) is 4. The van der Waals surface area contributed by atoms with Crippen LogP contribution in [0.4, 0.5) is 5.82 Å². The Morgan fingerprint density at radius 3 is 3.06 bits per heavy atom. The lowest BCUT2D eigenvalue weighted by atomic mass is 10.0. The first kappa shape index (κ1) is 12.7. The van der Waals surface area contributed by atoms with E-state index in [1.807, 2.05) is 12.1 Å². The zero-order valence-corrected chi connectivity index (χ0v) is 10.7. The first-order valence-electron chi connectivity index (χ1n) is 6.43. The summed E-state index contributed by atoms with van der Waals surface area (Å²) in [5, 5.41) is 11.6. The predicted molar refractivity (Wildman–Crippen MR) is 72.0 cm³/mol. The molecule has 5 heteroatoms. The van der Waals surface area contributed by atoms with Gasteiger partial charge in [0.15, 0.2) is 5.84 Å². The standard InChI is InChI=1S/C13H20N4O/c1-2-3-10-6-7-17(9-10)12-5-4-11(8-15-12)13(14)16-18/h4-5,8,10,18H,2-3,6-7,9H2,1H3,(H2,14,16). The highest BCUT2D eigenvalue weighted by molar-refractivity contribution is 5.96. The molecule has 1 aliphatic rings. The van der Waals surface area contributed by atoms with Crippen LogP contribution in [0.2, 0.25) is 0 Å². The topological polar surface area (TPSA) is 74.7 Å². The quantitative estimate of drug-likeness (QED) is 0.369. The van der Waals surface area contributed by atoms with E-state index < -0.39 is 0 Å². The van der Waals surface area contributed by atoms with E-state index in [0.29, 0.717) is 5.56 Å². The molecule has 1 saturated heterocycles. The summed E-state index contributed by atoms with van der Waals surface area (Å²) in [6, 6.07) is 3.77. The summed E-state index contributed by atoms with van der Waals surface area (Å²) in [6.07, 6.45) is 5.43. The van der Waals surface area contributed by atoms with Crippen molar-refractivity contribution >= 4 is 11.7 Å². The van der Waals surface area contributed by atoms with E-state index in [1.165, 1.54) is 19.3 Å². The second kappa shape index (κ2) is 5.71. The molecule has 0 amide bonds. The minimum absolute atomic E-state index is 0.0966. The molecule has 0 aliphatic carbocycles. The highest BCUT2D eigenvalue weighted by Gasteiger charge is 2.22. The molecule has 0 aromatic carbocycles. The third-order valence-corrected chi connectivity index (χ3v) is 3.46. The van der Waals surface area contributed by atoms with Crippen molar-refractivity contribution in [3.63, 3.8) is 0 Å². The lowest BCUT2D eigenvalue weighted by molar-refractivity contribution is 0.318. The molecule has 5 nitrogen and oxygen atoms in total. The molecule has 0 radical (unpaired) electrons. The molecule has 1 atom stereocenters. The summed E-state index contributed by atoms with van der Waals surface area (Å²) >= 11 is 0. The fourth-order valence-corrected chi connectivity index (χ4v) is 2.47. The van der Waals surface area contributed by atoms with Crippen molar-refractivity contribution in [3.05, 3.63) is 23.9 Å². The average molecular weight is 248 g/mol. The van der Waals surface area contributed by atoms with E-state index in [0.717, 1.165) is 24.8 Å². The number of hydrogen-bond donors (Lipinski definition) is 2. The number of nitrogens with two attached hydrogens (primary N) is 1. The third-order valence-electron chi connectivity index (χ3n) is 3.46. The Balaban J connectivity index is 2.02. The Morgan fingerprint density at radius 2 is 2.44 bits per heavy atom. The number of amidine groups is 1. The second-order valence-electron chi connectivity index (χ2n) is 4.78. The van der Waals surface area contributed by atoms with Crippen LogP contribution >= 0.6 is 0 Å². The Hall–Kier alpha value is -1.78. The number of oxime groups is 1. The summed E-state index contributed by atoms with van der Waals surface area (Å²) < 4.78 is 0. The molecule has 3 N–H and O–H groups in total. The monoisotopic (exact) mass is 248 g/mol. The van der Waals surface area contributed by atoms with Crippen LogP contribution in [-0.4, -0.2) is 29.1 Å². The zero-order valence-electron chi connectivity index (χ0n) is 10.7. The molecule has 2 heterocycles. The molecule has 0 bridgehead atoms. The van der Waals surface area contributed by atoms with Gasteiger partial charge in [-0.2, -0.15) is 0 Å². The number of anilines is 1. The van der Waals surface area contributed by atoms with Crippen LogP contribution in [0.5, 0.6) is 0 Å². The Morgan fingerprint density at radius 1 is 1.61 bits per heavy atom. The highest BCUT2D eigenvalue weighted by atomic mass is 16.4. The van der Waals surface area contributed by atoms with E-state index in [-0.39, 0.29) is 5.84 Å². The Labute approximate surface area is 107 Å². The van der Waals surface area contributed by atoms with Gasteiger partial charge in [-0.15, -0.1) is 0 Å². The second-order valence-corrected chi connectivity index (χ2v) is 4.78. The number of aromatic nitrogens is 1. The lowest BCUT2D eigenvalue weighted by Gasteiger charge is -2.17. The maximum absolute atomic E-state index is 8.59. The largest absolute Gasteiger partial charge is 0.409 e. The summed E-state index contributed by atoms with van der Waals surface area (Å²) in [4.78, 5) is 6.68. The van der Waals surface area contributed by atoms with Gasteiger partial charge in [-0.1, -0.05) is 18.5 Å². The van der Waals surface area contributed by atoms with Crippen LogP contribution in [0.15, 0.2) is 23.5 Å². The smallest absolute Gasteiger partial charge is 0.171 e. The molecular formula is C13H20N4O. The summed E-state index contributed by atoms with van der Waals surface area (Å²) in [5.74, 6) is 1.86. The van der Waals surface area contributed by atoms with Crippen molar-refractivity contribution < 1.29 is 5.21 Å². The number of rotatable bonds is 4. The van der Waals surface area contributed by atoms with E-state index in [1.54, 1.807) is 6.20 Å². The van der Waals surface area contributed by atoms with E-state index in [2.05, 4.69) is 22.0 Å². The molecule has 18 heavy (non-hydrogen) atoms. The number of nitrogens with zero attached hydrogens (tertiary/aromatic N) is 3. The van der Waals surface area contributed by atoms with Gasteiger partial charge in [0.05, 0.1) is 0 Å². The first-order chi connectivity index (χ1) is 8.74. The van der Waals surface area contributed by atoms with Crippen LogP contribution in [0, 0.1) is 5.92 Å². The maximum atomic E-state index is 8.59. The highest BCUT2D eigenvalue weighted by Crippen LogP contribution is 2.25. The van der Waals surface area contributed by atoms with E-state index in [9.17, 15) is 0 Å². The molecule has 0 spiro atoms. The van der Waals surface area contributed by atoms with Crippen LogP contribution in [0.25, 0.3) is 0 Å². The molecule has 1 aromatic rings. The summed E-state index contributed by atoms with van der Waals surface area (Å²) in [7, 11) is 0. The van der Waals surface area contributed by atoms with Gasteiger partial charge in [-0.25, -0.2) is 4.98 Å². The van der Waals surface area contributed by atoms with Crippen molar-refractivity contribution in [2.75, 3.05) is 18.0 Å². The van der Waals surface area contributed by atoms with Gasteiger partial charge in [-0.05, 0) is 30.9 Å². The van der Waals surface area contributed by atoms with Crippen LogP contribution in [-0.2, 0) is 0 Å². The fourth-order valence-electron chi connectivity index (χ4n) is 2.47. The van der Waals surface area contributed by atoms with Crippen molar-refractivity contribution in [1.82, 2.24) is 4.98 Å². The van der Waals surface area contributed by atoms with Gasteiger partial charge in [0.25, 0.3) is 0 Å². The van der Waals surface area contributed by atoms with Gasteiger partial charge in [0.1, 0.15) is 5.82 Å². The molecule has 1 aliphatic heterocycles. The SMILES string of the molecule is CCCC1CCN(c2ccc(/C(N)=N/O)cn2)C1. The minimum Gasteiger partial charge on any atom is -0.409 e. The summed E-state index contributed by atoms with van der Waals surface area (Å²) in [5.41, 5.74) is 6.15. The van der Waals surface area contributed by atoms with Crippen LogP contribution < -0.4 is 10.6 Å². The average Bonchev–Trinajstić information content (AvgIpc) is 2.87. The maximum Gasteiger partial charge on any atom is 0.171 e. The van der Waals surface area contributed by atoms with Crippen molar-refractivity contribution in [2.45, 2.75) is 26.2 Å². The first-order valence-corrected chi connectivity index (χ1v) is 6.43. The minimum atomic E-state index is 0.0966. The van der Waals surface area contributed by atoms with Gasteiger partial charge in [-0.3, -0.25) is 0 Å². The van der Waals surface area contributed by atoms with Crippen LogP contribution in [0.3, 0.4) is 0 Å². The fraction of sp³-hybridized carbons (Fsp3) is 0.538. The van der Waals surface area contributed by atoms with Gasteiger partial charge in [0.2, 0.25) is 0 Å². The lowest BCUT2D eigenvalue weighted by Crippen LogP contribution is -2.21. The van der Waals surface area contributed by atoms with Gasteiger partial charge >= 0.3 is 0 Å². The van der Waals surface area contributed by atoms with Crippen molar-refractivity contribution in [1.29, 1.82) is 0 Å². The zero-order chi connectivity index (χ0) is 13.0. The van der Waals surface area contributed by atoms with Crippen LogP contribution in [0.1, 0.15) is 31.7 Å². The molecule has 98 valence electrons. The molecular weight excluding hydrogens is 228 g/mol. The Kier molecular flexibility index (Phi) is 4.02. The normalized spacial score (nSPS) is 20.4. The number of pyridine rings is 1.